The van der Waals surface area contributed by atoms with Crippen LogP contribution in [0, 0.1) is 5.92 Å². The molecule has 0 spiro atoms. The van der Waals surface area contributed by atoms with Crippen LogP contribution in [0.1, 0.15) is 31.7 Å². The average molecular weight is 488 g/mol. The Hall–Kier alpha value is -2.49. The van der Waals surface area contributed by atoms with E-state index in [9.17, 15) is 18.0 Å². The van der Waals surface area contributed by atoms with Gasteiger partial charge in [-0.2, -0.15) is 0 Å². The highest BCUT2D eigenvalue weighted by Gasteiger charge is 2.32. The van der Waals surface area contributed by atoms with Gasteiger partial charge in [0.1, 0.15) is 0 Å². The molecule has 1 aromatic heterocycles. The van der Waals surface area contributed by atoms with E-state index in [1.54, 1.807) is 10.6 Å². The molecular weight excluding hydrogens is 458 g/mol. The van der Waals surface area contributed by atoms with Gasteiger partial charge in [-0.1, -0.05) is 41.7 Å². The zero-order chi connectivity index (χ0) is 23.4. The van der Waals surface area contributed by atoms with Crippen molar-refractivity contribution >= 4 is 43.2 Å². The van der Waals surface area contributed by atoms with Gasteiger partial charge < -0.3 is 5.32 Å². The number of fused-ring (bicyclic) bond motifs is 1. The highest BCUT2D eigenvalue weighted by molar-refractivity contribution is 7.89. The summed E-state index contributed by atoms with van der Waals surface area (Å²) < 4.78 is 29.8. The summed E-state index contributed by atoms with van der Waals surface area (Å²) in [6.07, 6.45) is 2.59. The van der Waals surface area contributed by atoms with Gasteiger partial charge in [0, 0.05) is 25.3 Å². The molecule has 1 N–H and O–H groups in total. The first-order chi connectivity index (χ1) is 15.9. The maximum Gasteiger partial charge on any atom is 0.308 e. The topological polar surface area (TPSA) is 88.5 Å². The Morgan fingerprint density at radius 1 is 1.18 bits per heavy atom. The smallest absolute Gasteiger partial charge is 0.308 e. The summed E-state index contributed by atoms with van der Waals surface area (Å²) in [5.74, 6) is -0.488. The standard InChI is InChI=1S/C24H29N3O4S2/c1-2-27-21-13-12-20(16-22(21)32-24(27)29)25-23(28)19-11-6-14-26(17-19)33(30,31)15-7-10-18-8-4-3-5-9-18/h3-5,8-9,12-13,16,19H,2,6-7,10-11,14-15,17H2,1H3,(H,25,28)/t19-/m1/s1. The molecule has 33 heavy (non-hydrogen) atoms. The lowest BCUT2D eigenvalue weighted by molar-refractivity contribution is -0.120. The molecule has 2 heterocycles. The second kappa shape index (κ2) is 10.2. The molecule has 0 unspecified atom stereocenters. The maximum atomic E-state index is 12.9. The second-order valence-corrected chi connectivity index (χ2v) is 11.5. The van der Waals surface area contributed by atoms with E-state index in [0.29, 0.717) is 44.5 Å². The number of piperidine rings is 1. The molecule has 1 aliphatic heterocycles. The van der Waals surface area contributed by atoms with Gasteiger partial charge in [-0.15, -0.1) is 0 Å². The fraction of sp³-hybridized carbons (Fsp3) is 0.417. The highest BCUT2D eigenvalue weighted by atomic mass is 32.2. The largest absolute Gasteiger partial charge is 0.326 e. The minimum absolute atomic E-state index is 0.0173. The van der Waals surface area contributed by atoms with E-state index in [1.807, 2.05) is 49.4 Å². The van der Waals surface area contributed by atoms with E-state index in [4.69, 9.17) is 0 Å². The summed E-state index contributed by atoms with van der Waals surface area (Å²) in [5, 5.41) is 2.92. The molecule has 2 aromatic carbocycles. The van der Waals surface area contributed by atoms with Crippen LogP contribution < -0.4 is 10.2 Å². The molecule has 3 aromatic rings. The average Bonchev–Trinajstić information content (AvgIpc) is 3.13. The van der Waals surface area contributed by atoms with Crippen molar-refractivity contribution in [2.24, 2.45) is 5.92 Å². The van der Waals surface area contributed by atoms with Crippen molar-refractivity contribution in [2.45, 2.75) is 39.2 Å². The lowest BCUT2D eigenvalue weighted by Crippen LogP contribution is -2.44. The molecule has 0 aliphatic carbocycles. The van der Waals surface area contributed by atoms with Crippen LogP contribution >= 0.6 is 11.3 Å². The number of rotatable bonds is 8. The Balaban J connectivity index is 1.36. The molecule has 9 heteroatoms. The van der Waals surface area contributed by atoms with Crippen molar-refractivity contribution < 1.29 is 13.2 Å². The molecule has 0 radical (unpaired) electrons. The Kier molecular flexibility index (Phi) is 7.31. The molecule has 0 bridgehead atoms. The number of aryl methyl sites for hydroxylation is 2. The third-order valence-electron chi connectivity index (χ3n) is 6.11. The number of thiazole rings is 1. The highest BCUT2D eigenvalue weighted by Crippen LogP contribution is 2.25. The van der Waals surface area contributed by atoms with Gasteiger partial charge in [-0.05, 0) is 56.4 Å². The fourth-order valence-corrected chi connectivity index (χ4v) is 6.91. The van der Waals surface area contributed by atoms with Gasteiger partial charge in [0.25, 0.3) is 0 Å². The number of nitrogens with zero attached hydrogens (tertiary/aromatic N) is 2. The number of benzene rings is 2. The van der Waals surface area contributed by atoms with Gasteiger partial charge >= 0.3 is 4.87 Å². The molecule has 1 aliphatic rings. The minimum Gasteiger partial charge on any atom is -0.326 e. The van der Waals surface area contributed by atoms with Crippen LogP contribution in [0.25, 0.3) is 10.2 Å². The number of amides is 1. The molecule has 0 saturated carbocycles. The molecule has 4 rings (SSSR count). The summed E-state index contributed by atoms with van der Waals surface area (Å²) in [4.78, 5) is 25.0. The van der Waals surface area contributed by atoms with Crippen molar-refractivity contribution in [1.29, 1.82) is 0 Å². The van der Waals surface area contributed by atoms with Crippen LogP contribution in [0.3, 0.4) is 0 Å². The van der Waals surface area contributed by atoms with E-state index in [2.05, 4.69) is 5.32 Å². The van der Waals surface area contributed by atoms with Gasteiger partial charge in [-0.25, -0.2) is 12.7 Å². The predicted molar refractivity (Wildman–Crippen MR) is 133 cm³/mol. The number of carbonyl (C=O) groups excluding carboxylic acids is 1. The SMILES string of the molecule is CCn1c(=O)sc2cc(NC(=O)[C@@H]3CCCN(S(=O)(=O)CCCc4ccccc4)C3)ccc21. The quantitative estimate of drug-likeness (QED) is 0.525. The van der Waals surface area contributed by atoms with E-state index >= 15 is 0 Å². The van der Waals surface area contributed by atoms with Gasteiger partial charge in [-0.3, -0.25) is 14.2 Å². The van der Waals surface area contributed by atoms with Crippen molar-refractivity contribution in [3.63, 3.8) is 0 Å². The lowest BCUT2D eigenvalue weighted by atomic mass is 9.98. The molecule has 1 atom stereocenters. The Bertz CT molecular complexity index is 1280. The number of hydrogen-bond acceptors (Lipinski definition) is 5. The van der Waals surface area contributed by atoms with Crippen molar-refractivity contribution in [2.75, 3.05) is 24.2 Å². The predicted octanol–water partition coefficient (Wildman–Crippen LogP) is 3.70. The van der Waals surface area contributed by atoms with Crippen molar-refractivity contribution in [1.82, 2.24) is 8.87 Å². The summed E-state index contributed by atoms with van der Waals surface area (Å²) in [6, 6.07) is 15.3. The van der Waals surface area contributed by atoms with E-state index in [-0.39, 0.29) is 23.1 Å². The van der Waals surface area contributed by atoms with E-state index in [1.165, 1.54) is 4.31 Å². The molecule has 1 fully saturated rings. The number of aromatic nitrogens is 1. The Morgan fingerprint density at radius 3 is 2.73 bits per heavy atom. The Labute approximate surface area is 198 Å². The van der Waals surface area contributed by atoms with Gasteiger partial charge in [0.15, 0.2) is 0 Å². The molecular formula is C24H29N3O4S2. The van der Waals surface area contributed by atoms with Crippen LogP contribution in [0.4, 0.5) is 5.69 Å². The Morgan fingerprint density at radius 2 is 1.97 bits per heavy atom. The van der Waals surface area contributed by atoms with Gasteiger partial charge in [0.05, 0.1) is 21.9 Å². The lowest BCUT2D eigenvalue weighted by Gasteiger charge is -2.31. The molecule has 1 amide bonds. The number of carbonyl (C=O) groups is 1. The van der Waals surface area contributed by atoms with Crippen LogP contribution in [0.2, 0.25) is 0 Å². The summed E-state index contributed by atoms with van der Waals surface area (Å²) in [5.41, 5.74) is 2.61. The first kappa shape index (κ1) is 23.7. The van der Waals surface area contributed by atoms with Gasteiger partial charge in [0.2, 0.25) is 15.9 Å². The zero-order valence-electron chi connectivity index (χ0n) is 18.7. The third-order valence-corrected chi connectivity index (χ3v) is 8.98. The summed E-state index contributed by atoms with van der Waals surface area (Å²) in [7, 11) is -3.41. The van der Waals surface area contributed by atoms with Crippen molar-refractivity contribution in [3.05, 3.63) is 63.8 Å². The number of anilines is 1. The monoisotopic (exact) mass is 487 g/mol. The zero-order valence-corrected chi connectivity index (χ0v) is 20.3. The van der Waals surface area contributed by atoms with Crippen LogP contribution in [-0.2, 0) is 27.8 Å². The van der Waals surface area contributed by atoms with E-state index in [0.717, 1.165) is 27.1 Å². The molecule has 1 saturated heterocycles. The maximum absolute atomic E-state index is 12.9. The normalized spacial score (nSPS) is 17.3. The van der Waals surface area contributed by atoms with Crippen LogP contribution in [-0.4, -0.2) is 42.0 Å². The van der Waals surface area contributed by atoms with Crippen LogP contribution in [0.5, 0.6) is 0 Å². The summed E-state index contributed by atoms with van der Waals surface area (Å²) >= 11 is 1.16. The molecule has 7 nitrogen and oxygen atoms in total. The number of hydrogen-bond donors (Lipinski definition) is 1. The number of sulfonamides is 1. The van der Waals surface area contributed by atoms with E-state index < -0.39 is 15.9 Å². The second-order valence-electron chi connectivity index (χ2n) is 8.39. The minimum atomic E-state index is -3.41. The first-order valence-electron chi connectivity index (χ1n) is 11.3. The fourth-order valence-electron chi connectivity index (χ4n) is 4.33. The van der Waals surface area contributed by atoms with Crippen LogP contribution in [0.15, 0.2) is 53.3 Å². The summed E-state index contributed by atoms with van der Waals surface area (Å²) in [6.45, 7) is 3.19. The molecule has 176 valence electrons. The first-order valence-corrected chi connectivity index (χ1v) is 13.8. The third kappa shape index (κ3) is 5.54. The van der Waals surface area contributed by atoms with Crippen molar-refractivity contribution in [3.8, 4) is 0 Å². The number of nitrogens with one attached hydrogen (secondary N) is 1.